The first-order valence-corrected chi connectivity index (χ1v) is 22.5. The van der Waals surface area contributed by atoms with Gasteiger partial charge in [-0.25, -0.2) is 14.8 Å². The number of carbonyl (C=O) groups is 3. The molecule has 3 aromatic heterocycles. The van der Waals surface area contributed by atoms with Gasteiger partial charge in [0.1, 0.15) is 23.7 Å². The number of benzene rings is 1. The molecular weight excluding hydrogens is 777 g/mol. The predicted molar refractivity (Wildman–Crippen MR) is 233 cm³/mol. The van der Waals surface area contributed by atoms with Gasteiger partial charge in [-0.3, -0.25) is 9.59 Å². The summed E-state index contributed by atoms with van der Waals surface area (Å²) < 4.78 is 10.1. The SMILES string of the molecule is C=C(N[C@H](C(=O)N1CCC[C@H]1c1ncc(-c2ccc(-c3ccc(-c4cnc(C5CCCN5C(=O)[C@@H](NC(=O)OC)C(C)C)[nH]4)c4c3CC3(CCCC3)C4)s2)[nH]1)C(C)C)OC. The number of rotatable bonds is 13. The van der Waals surface area contributed by atoms with E-state index in [-0.39, 0.29) is 41.1 Å². The number of hydrogen-bond acceptors (Lipinski definition) is 9. The number of aromatic nitrogens is 4. The number of carbonyl (C=O) groups excluding carboxylic acids is 3. The molecule has 60 heavy (non-hydrogen) atoms. The van der Waals surface area contributed by atoms with E-state index in [0.29, 0.717) is 19.0 Å². The number of thiophene rings is 1. The summed E-state index contributed by atoms with van der Waals surface area (Å²) in [6, 6.07) is 7.53. The van der Waals surface area contributed by atoms with Crippen LogP contribution in [0.25, 0.3) is 32.3 Å². The normalized spacial score (nSPS) is 20.5. The highest BCUT2D eigenvalue weighted by Gasteiger charge is 2.43. The van der Waals surface area contributed by atoms with Crippen molar-refractivity contribution in [3.05, 3.63) is 71.9 Å². The number of hydrogen-bond donors (Lipinski definition) is 4. The Morgan fingerprint density at radius 1 is 0.750 bits per heavy atom. The van der Waals surface area contributed by atoms with Crippen LogP contribution in [0.2, 0.25) is 0 Å². The van der Waals surface area contributed by atoms with E-state index in [4.69, 9.17) is 19.4 Å². The van der Waals surface area contributed by atoms with Crippen molar-refractivity contribution in [3.63, 3.8) is 0 Å². The molecule has 8 rings (SSSR count). The maximum absolute atomic E-state index is 13.8. The summed E-state index contributed by atoms with van der Waals surface area (Å²) in [4.78, 5) is 62.9. The van der Waals surface area contributed by atoms with Gasteiger partial charge in [0.05, 0.1) is 55.0 Å². The Bertz CT molecular complexity index is 2230. The van der Waals surface area contributed by atoms with Gasteiger partial charge in [0.15, 0.2) is 5.88 Å². The molecule has 320 valence electrons. The molecule has 4 aromatic rings. The lowest BCUT2D eigenvalue weighted by atomic mass is 9.83. The molecule has 1 spiro atoms. The number of likely N-dealkylation sites (tertiary alicyclic amines) is 2. The third-order valence-corrected chi connectivity index (χ3v) is 14.6. The molecule has 13 nitrogen and oxygen atoms in total. The van der Waals surface area contributed by atoms with Crippen LogP contribution in [-0.2, 0) is 31.9 Å². The second-order valence-corrected chi connectivity index (χ2v) is 19.0. The number of alkyl carbamates (subject to hydrolysis) is 1. The molecule has 4 N–H and O–H groups in total. The first kappa shape index (κ1) is 41.6. The van der Waals surface area contributed by atoms with Crippen molar-refractivity contribution in [3.8, 4) is 32.3 Å². The number of nitrogens with one attached hydrogen (secondary N) is 4. The van der Waals surface area contributed by atoms with Crippen molar-refractivity contribution in [1.29, 1.82) is 0 Å². The molecule has 4 atom stereocenters. The molecule has 1 saturated carbocycles. The second-order valence-electron chi connectivity index (χ2n) is 17.9. The van der Waals surface area contributed by atoms with E-state index >= 15 is 0 Å². The number of fused-ring (bicyclic) bond motifs is 1. The molecule has 2 aliphatic carbocycles. The Labute approximate surface area is 357 Å². The fourth-order valence-corrected chi connectivity index (χ4v) is 11.2. The van der Waals surface area contributed by atoms with E-state index in [0.717, 1.165) is 66.4 Å². The Morgan fingerprint density at radius 3 is 1.87 bits per heavy atom. The predicted octanol–water partition coefficient (Wildman–Crippen LogP) is 8.29. The lowest BCUT2D eigenvalue weighted by Crippen LogP contribution is -2.51. The van der Waals surface area contributed by atoms with Crippen LogP contribution in [0.5, 0.6) is 0 Å². The van der Waals surface area contributed by atoms with Gasteiger partial charge < -0.3 is 39.9 Å². The number of aromatic amines is 2. The minimum atomic E-state index is -0.680. The van der Waals surface area contributed by atoms with Gasteiger partial charge in [-0.15, -0.1) is 11.3 Å². The highest BCUT2D eigenvalue weighted by molar-refractivity contribution is 7.18. The average molecular weight is 837 g/mol. The summed E-state index contributed by atoms with van der Waals surface area (Å²) in [5.41, 5.74) is 7.53. The molecule has 0 radical (unpaired) electrons. The van der Waals surface area contributed by atoms with Crippen LogP contribution in [0, 0.1) is 17.3 Å². The minimum Gasteiger partial charge on any atom is -0.483 e. The van der Waals surface area contributed by atoms with Gasteiger partial charge in [-0.2, -0.15) is 0 Å². The lowest BCUT2D eigenvalue weighted by molar-refractivity contribution is -0.136. The first-order chi connectivity index (χ1) is 28.9. The number of ether oxygens (including phenoxy) is 2. The Morgan fingerprint density at radius 2 is 1.28 bits per heavy atom. The van der Waals surface area contributed by atoms with Gasteiger partial charge in [-0.1, -0.05) is 52.7 Å². The van der Waals surface area contributed by atoms with Crippen molar-refractivity contribution in [1.82, 2.24) is 40.4 Å². The molecular formula is C46H60N8O5S. The zero-order valence-electron chi connectivity index (χ0n) is 35.9. The topological polar surface area (TPSA) is 158 Å². The largest absolute Gasteiger partial charge is 0.483 e. The Balaban J connectivity index is 1.04. The molecule has 2 aliphatic heterocycles. The van der Waals surface area contributed by atoms with Crippen LogP contribution in [-0.4, -0.2) is 87.0 Å². The first-order valence-electron chi connectivity index (χ1n) is 21.7. The lowest BCUT2D eigenvalue weighted by Gasteiger charge is -2.30. The Kier molecular flexibility index (Phi) is 11.9. The van der Waals surface area contributed by atoms with Gasteiger partial charge in [-0.05, 0) is 104 Å². The highest BCUT2D eigenvalue weighted by Crippen LogP contribution is 2.53. The van der Waals surface area contributed by atoms with E-state index in [2.05, 4.69) is 51.4 Å². The Hall–Kier alpha value is -5.11. The summed E-state index contributed by atoms with van der Waals surface area (Å²) in [6.45, 7) is 13.1. The molecule has 2 saturated heterocycles. The van der Waals surface area contributed by atoms with Crippen LogP contribution in [0.15, 0.2) is 49.1 Å². The standard InChI is InChI=1S/C46H60N8O5S/c1-26(2)39(49-28(5)58-6)43(55)53-20-11-13-36(53)42-48-25-34(51-42)38-17-16-37(60-38)30-15-14-29(31-22-46(23-32(30)31)18-8-9-19-46)33-24-47-41(50-33)35-12-10-21-54(35)44(56)40(27(3)4)52-45(57)59-7/h14-17,24-27,35-36,39-40,49H,5,8-13,18-23H2,1-4,6-7H3,(H,47,50)(H,48,51)(H,52,57)/t35?,36-,39-,40-/m0/s1. The highest BCUT2D eigenvalue weighted by atomic mass is 32.1. The van der Waals surface area contributed by atoms with E-state index in [1.807, 2.05) is 49.9 Å². The van der Waals surface area contributed by atoms with E-state index < -0.39 is 18.2 Å². The smallest absolute Gasteiger partial charge is 0.407 e. The number of imidazole rings is 2. The van der Waals surface area contributed by atoms with Crippen LogP contribution < -0.4 is 10.6 Å². The molecule has 4 aliphatic rings. The van der Waals surface area contributed by atoms with E-state index in [9.17, 15) is 14.4 Å². The van der Waals surface area contributed by atoms with E-state index in [1.165, 1.54) is 59.9 Å². The molecule has 0 bridgehead atoms. The van der Waals surface area contributed by atoms with Crippen molar-refractivity contribution < 1.29 is 23.9 Å². The zero-order valence-corrected chi connectivity index (χ0v) is 36.7. The minimum absolute atomic E-state index is 0.0335. The third-order valence-electron chi connectivity index (χ3n) is 13.4. The summed E-state index contributed by atoms with van der Waals surface area (Å²) in [6.07, 6.45) is 13.8. The summed E-state index contributed by atoms with van der Waals surface area (Å²) >= 11 is 1.77. The zero-order chi connectivity index (χ0) is 42.3. The van der Waals surface area contributed by atoms with E-state index in [1.54, 1.807) is 18.4 Å². The van der Waals surface area contributed by atoms with Crippen molar-refractivity contribution >= 4 is 29.2 Å². The number of methoxy groups -OCH3 is 2. The van der Waals surface area contributed by atoms with Gasteiger partial charge >= 0.3 is 6.09 Å². The summed E-state index contributed by atoms with van der Waals surface area (Å²) in [5.74, 6) is 1.86. The van der Waals surface area contributed by atoms with Crippen molar-refractivity contribution in [2.75, 3.05) is 27.3 Å². The van der Waals surface area contributed by atoms with Gasteiger partial charge in [0.2, 0.25) is 11.8 Å². The number of nitrogens with zero attached hydrogens (tertiary/aromatic N) is 4. The van der Waals surface area contributed by atoms with Gasteiger partial charge in [0.25, 0.3) is 0 Å². The molecule has 1 aromatic carbocycles. The second kappa shape index (κ2) is 17.1. The monoisotopic (exact) mass is 836 g/mol. The summed E-state index contributed by atoms with van der Waals surface area (Å²) in [7, 11) is 2.86. The average Bonchev–Trinajstić information content (AvgIpc) is 4.08. The fraction of sp³-hybridized carbons (Fsp3) is 0.543. The molecule has 14 heteroatoms. The summed E-state index contributed by atoms with van der Waals surface area (Å²) in [5, 5.41) is 5.92. The van der Waals surface area contributed by atoms with Gasteiger partial charge in [0, 0.05) is 23.5 Å². The van der Waals surface area contributed by atoms with Crippen LogP contribution >= 0.6 is 11.3 Å². The fourth-order valence-electron chi connectivity index (χ4n) is 10.2. The molecule has 5 heterocycles. The molecule has 3 amide bonds. The number of H-pyrrole nitrogens is 2. The third kappa shape index (κ3) is 7.94. The van der Waals surface area contributed by atoms with Crippen LogP contribution in [0.4, 0.5) is 4.79 Å². The molecule has 3 fully saturated rings. The van der Waals surface area contributed by atoms with Crippen molar-refractivity contribution in [2.45, 2.75) is 116 Å². The van der Waals surface area contributed by atoms with Crippen LogP contribution in [0.3, 0.4) is 0 Å². The quantitative estimate of drug-likeness (QED) is 0.0981. The van der Waals surface area contributed by atoms with Crippen LogP contribution in [0.1, 0.15) is 114 Å². The molecule has 1 unspecified atom stereocenters. The maximum atomic E-state index is 13.8. The van der Waals surface area contributed by atoms with Crippen molar-refractivity contribution in [2.24, 2.45) is 17.3 Å². The number of amides is 3. The maximum Gasteiger partial charge on any atom is 0.407 e.